The summed E-state index contributed by atoms with van der Waals surface area (Å²) in [6.45, 7) is 10.6. The van der Waals surface area contributed by atoms with Crippen molar-refractivity contribution in [3.8, 4) is 0 Å². The van der Waals surface area contributed by atoms with Gasteiger partial charge >= 0.3 is 0 Å². The second kappa shape index (κ2) is 5.54. The molecule has 1 aromatic rings. The van der Waals surface area contributed by atoms with Crippen LogP contribution in [0.15, 0.2) is 6.20 Å². The average molecular weight is 238 g/mol. The minimum Gasteiger partial charge on any atom is -0.356 e. The normalized spacial score (nSPS) is 12.2. The lowest BCUT2D eigenvalue weighted by atomic mass is 10.0. The molecule has 0 aliphatic carbocycles. The molecule has 0 atom stereocenters. The SMILES string of the molecule is CCCNc1nc(C)cn1CC(C)(C)N(C)C. The van der Waals surface area contributed by atoms with Gasteiger partial charge < -0.3 is 14.8 Å². The number of nitrogens with zero attached hydrogens (tertiary/aromatic N) is 3. The van der Waals surface area contributed by atoms with Crippen molar-refractivity contribution in [2.24, 2.45) is 0 Å². The summed E-state index contributed by atoms with van der Waals surface area (Å²) in [4.78, 5) is 6.77. The summed E-state index contributed by atoms with van der Waals surface area (Å²) < 4.78 is 2.21. The van der Waals surface area contributed by atoms with Gasteiger partial charge in [-0.25, -0.2) is 4.98 Å². The third-order valence-electron chi connectivity index (χ3n) is 3.20. The standard InChI is InChI=1S/C13H26N4/c1-7-8-14-12-15-11(2)9-17(12)10-13(3,4)16(5)6/h9H,7-8,10H2,1-6H3,(H,14,15). The average Bonchev–Trinajstić information content (AvgIpc) is 2.54. The van der Waals surface area contributed by atoms with E-state index >= 15 is 0 Å². The molecule has 1 rings (SSSR count). The fourth-order valence-corrected chi connectivity index (χ4v) is 1.60. The van der Waals surface area contributed by atoms with E-state index in [-0.39, 0.29) is 5.54 Å². The molecule has 4 heteroatoms. The van der Waals surface area contributed by atoms with Gasteiger partial charge in [0.2, 0.25) is 5.95 Å². The zero-order chi connectivity index (χ0) is 13.1. The predicted molar refractivity (Wildman–Crippen MR) is 73.5 cm³/mol. The Morgan fingerprint density at radius 1 is 1.41 bits per heavy atom. The minimum atomic E-state index is 0.121. The Balaban J connectivity index is 2.82. The molecule has 98 valence electrons. The number of hydrogen-bond acceptors (Lipinski definition) is 3. The molecule has 0 saturated carbocycles. The summed E-state index contributed by atoms with van der Waals surface area (Å²) in [5, 5.41) is 3.38. The third-order valence-corrected chi connectivity index (χ3v) is 3.20. The Morgan fingerprint density at radius 3 is 2.59 bits per heavy atom. The van der Waals surface area contributed by atoms with Crippen LogP contribution in [0.4, 0.5) is 5.95 Å². The van der Waals surface area contributed by atoms with Crippen LogP contribution in [-0.2, 0) is 6.54 Å². The third kappa shape index (κ3) is 3.73. The van der Waals surface area contributed by atoms with E-state index in [9.17, 15) is 0 Å². The highest BCUT2D eigenvalue weighted by atomic mass is 15.2. The molecule has 0 amide bonds. The maximum atomic E-state index is 4.52. The number of aromatic nitrogens is 2. The molecule has 1 heterocycles. The number of imidazole rings is 1. The zero-order valence-electron chi connectivity index (χ0n) is 12.0. The molecule has 4 nitrogen and oxygen atoms in total. The van der Waals surface area contributed by atoms with Crippen LogP contribution in [-0.4, -0.2) is 40.6 Å². The summed E-state index contributed by atoms with van der Waals surface area (Å²) in [5.74, 6) is 0.985. The van der Waals surface area contributed by atoms with Gasteiger partial charge in [0.1, 0.15) is 0 Å². The van der Waals surface area contributed by atoms with Crippen LogP contribution in [0.25, 0.3) is 0 Å². The van der Waals surface area contributed by atoms with Gasteiger partial charge in [0, 0.05) is 24.8 Å². The molecule has 1 aromatic heterocycles. The van der Waals surface area contributed by atoms with Gasteiger partial charge in [-0.3, -0.25) is 0 Å². The van der Waals surface area contributed by atoms with Crippen molar-refractivity contribution in [3.63, 3.8) is 0 Å². The largest absolute Gasteiger partial charge is 0.356 e. The maximum Gasteiger partial charge on any atom is 0.203 e. The zero-order valence-corrected chi connectivity index (χ0v) is 12.0. The number of hydrogen-bond donors (Lipinski definition) is 1. The Kier molecular flexibility index (Phi) is 4.57. The molecular weight excluding hydrogens is 212 g/mol. The molecule has 0 aromatic carbocycles. The van der Waals surface area contributed by atoms with E-state index < -0.39 is 0 Å². The lowest BCUT2D eigenvalue weighted by molar-refractivity contribution is 0.170. The topological polar surface area (TPSA) is 33.1 Å². The first-order valence-electron chi connectivity index (χ1n) is 6.32. The van der Waals surface area contributed by atoms with Crippen molar-refractivity contribution in [3.05, 3.63) is 11.9 Å². The second-order valence-electron chi connectivity index (χ2n) is 5.47. The van der Waals surface area contributed by atoms with E-state index in [0.717, 1.165) is 31.2 Å². The Morgan fingerprint density at radius 2 is 2.06 bits per heavy atom. The fourth-order valence-electron chi connectivity index (χ4n) is 1.60. The molecule has 0 bridgehead atoms. The molecule has 0 aliphatic heterocycles. The summed E-state index contributed by atoms with van der Waals surface area (Å²) in [6.07, 6.45) is 3.23. The maximum absolute atomic E-state index is 4.52. The van der Waals surface area contributed by atoms with Crippen molar-refractivity contribution < 1.29 is 0 Å². The molecule has 17 heavy (non-hydrogen) atoms. The van der Waals surface area contributed by atoms with Crippen LogP contribution in [0.2, 0.25) is 0 Å². The highest BCUT2D eigenvalue weighted by Gasteiger charge is 2.22. The van der Waals surface area contributed by atoms with Crippen LogP contribution in [0.3, 0.4) is 0 Å². The van der Waals surface area contributed by atoms with Crippen molar-refractivity contribution in [1.29, 1.82) is 0 Å². The number of nitrogens with one attached hydrogen (secondary N) is 1. The van der Waals surface area contributed by atoms with Crippen molar-refractivity contribution in [1.82, 2.24) is 14.5 Å². The van der Waals surface area contributed by atoms with Crippen molar-refractivity contribution in [2.45, 2.75) is 46.2 Å². The highest BCUT2D eigenvalue weighted by molar-refractivity contribution is 5.28. The van der Waals surface area contributed by atoms with E-state index in [1.165, 1.54) is 0 Å². The van der Waals surface area contributed by atoms with Gasteiger partial charge in [0.25, 0.3) is 0 Å². The highest BCUT2D eigenvalue weighted by Crippen LogP contribution is 2.17. The first kappa shape index (κ1) is 14.0. The van der Waals surface area contributed by atoms with E-state index in [4.69, 9.17) is 0 Å². The van der Waals surface area contributed by atoms with Crippen LogP contribution in [0.1, 0.15) is 32.9 Å². The quantitative estimate of drug-likeness (QED) is 0.826. The molecule has 0 saturated heterocycles. The summed E-state index contributed by atoms with van der Waals surface area (Å²) in [5.41, 5.74) is 1.19. The Labute approximate surface area is 105 Å². The van der Waals surface area contributed by atoms with Gasteiger partial charge in [-0.05, 0) is 41.3 Å². The van der Waals surface area contributed by atoms with Crippen molar-refractivity contribution in [2.75, 3.05) is 26.0 Å². The van der Waals surface area contributed by atoms with E-state index in [1.54, 1.807) is 0 Å². The molecular formula is C13H26N4. The predicted octanol–water partition coefficient (Wildman–Crippen LogP) is 2.35. The lowest BCUT2D eigenvalue weighted by Crippen LogP contribution is -2.42. The van der Waals surface area contributed by atoms with Crippen LogP contribution < -0.4 is 5.32 Å². The number of rotatable bonds is 6. The van der Waals surface area contributed by atoms with E-state index in [2.05, 4.69) is 60.8 Å². The summed E-state index contributed by atoms with van der Waals surface area (Å²) >= 11 is 0. The smallest absolute Gasteiger partial charge is 0.203 e. The van der Waals surface area contributed by atoms with Gasteiger partial charge in [-0.15, -0.1) is 0 Å². The molecule has 1 N–H and O–H groups in total. The van der Waals surface area contributed by atoms with Gasteiger partial charge in [0.05, 0.1) is 5.69 Å². The Bertz CT molecular complexity index is 352. The summed E-state index contributed by atoms with van der Waals surface area (Å²) in [7, 11) is 4.23. The van der Waals surface area contributed by atoms with Gasteiger partial charge in [-0.2, -0.15) is 0 Å². The first-order chi connectivity index (χ1) is 7.86. The molecule has 0 fully saturated rings. The van der Waals surface area contributed by atoms with Crippen LogP contribution >= 0.6 is 0 Å². The number of anilines is 1. The second-order valence-corrected chi connectivity index (χ2v) is 5.47. The molecule has 0 radical (unpaired) electrons. The number of aryl methyl sites for hydroxylation is 1. The monoisotopic (exact) mass is 238 g/mol. The molecule has 0 unspecified atom stereocenters. The fraction of sp³-hybridized carbons (Fsp3) is 0.769. The van der Waals surface area contributed by atoms with Crippen LogP contribution in [0, 0.1) is 6.92 Å². The summed E-state index contributed by atoms with van der Waals surface area (Å²) in [6, 6.07) is 0. The van der Waals surface area contributed by atoms with Crippen LogP contribution in [0.5, 0.6) is 0 Å². The van der Waals surface area contributed by atoms with E-state index in [0.29, 0.717) is 0 Å². The Hall–Kier alpha value is -1.03. The minimum absolute atomic E-state index is 0.121. The van der Waals surface area contributed by atoms with Gasteiger partial charge in [-0.1, -0.05) is 6.92 Å². The molecule has 0 aliphatic rings. The first-order valence-corrected chi connectivity index (χ1v) is 6.32. The molecule has 0 spiro atoms. The van der Waals surface area contributed by atoms with Crippen molar-refractivity contribution >= 4 is 5.95 Å². The van der Waals surface area contributed by atoms with Gasteiger partial charge in [0.15, 0.2) is 0 Å². The van der Waals surface area contributed by atoms with E-state index in [1.807, 2.05) is 6.92 Å². The lowest BCUT2D eigenvalue weighted by Gasteiger charge is -2.33. The number of likely N-dealkylation sites (N-methyl/N-ethyl adjacent to an activating group) is 1.